The van der Waals surface area contributed by atoms with Crippen LogP contribution in [0.25, 0.3) is 5.57 Å². The minimum Gasteiger partial charge on any atom is -0.465 e. The summed E-state index contributed by atoms with van der Waals surface area (Å²) in [4.78, 5) is 45.7. The molecule has 1 aromatic carbocycles. The quantitative estimate of drug-likeness (QED) is 0.627. The van der Waals surface area contributed by atoms with Crippen molar-refractivity contribution in [3.63, 3.8) is 0 Å². The van der Waals surface area contributed by atoms with E-state index in [4.69, 9.17) is 4.74 Å². The number of amides is 2. The molecule has 6 rings (SSSR count). The molecule has 0 saturated heterocycles. The number of aromatic nitrogens is 2. The van der Waals surface area contributed by atoms with Gasteiger partial charge in [0.25, 0.3) is 5.91 Å². The first kappa shape index (κ1) is 19.6. The van der Waals surface area contributed by atoms with Crippen LogP contribution in [0.5, 0.6) is 5.75 Å². The lowest BCUT2D eigenvalue weighted by atomic mass is 10.2. The van der Waals surface area contributed by atoms with Crippen LogP contribution in [-0.4, -0.2) is 46.0 Å². The van der Waals surface area contributed by atoms with Crippen molar-refractivity contribution in [2.45, 2.75) is 6.42 Å². The Bertz CT molecular complexity index is 1340. The maximum atomic E-state index is 12.6. The predicted octanol–water partition coefficient (Wildman–Crippen LogP) is 1.16. The molecule has 4 aliphatic heterocycles. The highest BCUT2D eigenvalue weighted by Gasteiger charge is 2.23. The van der Waals surface area contributed by atoms with Crippen LogP contribution < -0.4 is 20.3 Å². The monoisotopic (exact) mass is 426 g/mol. The molecule has 0 unspecified atom stereocenters. The lowest BCUT2D eigenvalue weighted by molar-refractivity contribution is -0.127. The molecular formula is C23H18N6O3. The lowest BCUT2D eigenvalue weighted by Gasteiger charge is -2.29. The fourth-order valence-electron chi connectivity index (χ4n) is 3.51. The Hall–Kier alpha value is -4.40. The van der Waals surface area contributed by atoms with Crippen molar-refractivity contribution >= 4 is 35.1 Å². The first-order valence-corrected chi connectivity index (χ1v) is 10.0. The molecule has 9 heteroatoms. The highest BCUT2D eigenvalue weighted by molar-refractivity contribution is 6.36. The average Bonchev–Trinajstić information content (AvgIpc) is 3.14. The molecule has 0 N–H and O–H groups in total. The van der Waals surface area contributed by atoms with Crippen molar-refractivity contribution in [2.24, 2.45) is 9.98 Å². The summed E-state index contributed by atoms with van der Waals surface area (Å²) in [6, 6.07) is 7.17. The third-order valence-electron chi connectivity index (χ3n) is 5.10. The summed E-state index contributed by atoms with van der Waals surface area (Å²) in [6.45, 7) is 1.01. The Morgan fingerprint density at radius 1 is 1.00 bits per heavy atom. The number of anilines is 1. The molecular weight excluding hydrogens is 408 g/mol. The van der Waals surface area contributed by atoms with Crippen molar-refractivity contribution in [2.75, 3.05) is 18.0 Å². The Balaban J connectivity index is 1.63. The summed E-state index contributed by atoms with van der Waals surface area (Å²) < 4.78 is 5.60. The summed E-state index contributed by atoms with van der Waals surface area (Å²) in [7, 11) is 0. The van der Waals surface area contributed by atoms with E-state index in [-0.39, 0.29) is 12.3 Å². The van der Waals surface area contributed by atoms with Gasteiger partial charge in [-0.25, -0.2) is 9.97 Å². The molecule has 0 spiro atoms. The Morgan fingerprint density at radius 3 is 2.75 bits per heavy atom. The molecule has 5 heterocycles. The molecule has 4 bridgehead atoms. The molecule has 0 atom stereocenters. The van der Waals surface area contributed by atoms with Crippen molar-refractivity contribution in [1.82, 2.24) is 14.9 Å². The maximum Gasteiger partial charge on any atom is 0.281 e. The molecule has 4 aliphatic rings. The number of aliphatic imine (C=N–C) groups is 1. The van der Waals surface area contributed by atoms with E-state index in [2.05, 4.69) is 20.0 Å². The maximum absolute atomic E-state index is 12.6. The van der Waals surface area contributed by atoms with Crippen molar-refractivity contribution in [3.8, 4) is 5.75 Å². The number of fused-ring (bicyclic) bond motifs is 5. The smallest absolute Gasteiger partial charge is 0.281 e. The zero-order chi connectivity index (χ0) is 21.9. The van der Waals surface area contributed by atoms with Gasteiger partial charge in [-0.3, -0.25) is 14.6 Å². The van der Waals surface area contributed by atoms with E-state index in [1.807, 2.05) is 17.0 Å². The van der Waals surface area contributed by atoms with Gasteiger partial charge in [-0.15, -0.1) is 0 Å². The van der Waals surface area contributed by atoms with Gasteiger partial charge in [0.05, 0.1) is 22.7 Å². The van der Waals surface area contributed by atoms with E-state index in [1.54, 1.807) is 47.7 Å². The van der Waals surface area contributed by atoms with E-state index in [9.17, 15) is 9.59 Å². The van der Waals surface area contributed by atoms with E-state index in [0.29, 0.717) is 46.6 Å². The number of carbonyl (C=O) groups excluding carboxylic acids is 2. The van der Waals surface area contributed by atoms with Gasteiger partial charge in [-0.05, 0) is 18.2 Å². The summed E-state index contributed by atoms with van der Waals surface area (Å²) in [5, 5.41) is 0.530. The van der Waals surface area contributed by atoms with Gasteiger partial charge in [0.1, 0.15) is 17.9 Å². The standard InChI is InChI=1S/C23H18N6O3/c30-19-7-2-1-3-12-32-17-6-4-5-16(13-17)24-14-18-20-21(27-23(18)31)25-15-26-22(20)29-10-8-28(19)9-11-29/h1-6,8,10,12-15H,7,9,11H2/b2-1-,12-3-,24-14-. The van der Waals surface area contributed by atoms with Gasteiger partial charge < -0.3 is 14.5 Å². The highest BCUT2D eigenvalue weighted by atomic mass is 16.5. The molecule has 0 saturated carbocycles. The average molecular weight is 426 g/mol. The first-order chi connectivity index (χ1) is 15.7. The summed E-state index contributed by atoms with van der Waals surface area (Å²) in [6.07, 6.45) is 13.4. The second kappa shape index (κ2) is 8.38. The topological polar surface area (TPSA) is 100 Å². The predicted molar refractivity (Wildman–Crippen MR) is 118 cm³/mol. The molecule has 9 nitrogen and oxygen atoms in total. The summed E-state index contributed by atoms with van der Waals surface area (Å²) >= 11 is 0. The normalized spacial score (nSPS) is 20.6. The van der Waals surface area contributed by atoms with Crippen LogP contribution in [0.1, 0.15) is 6.42 Å². The number of allylic oxidation sites excluding steroid dienone is 2. The van der Waals surface area contributed by atoms with Gasteiger partial charge in [-0.2, -0.15) is 4.99 Å². The minimum absolute atomic E-state index is 0.0189. The van der Waals surface area contributed by atoms with E-state index < -0.39 is 5.91 Å². The first-order valence-electron chi connectivity index (χ1n) is 10.0. The number of hydrogen-bond acceptors (Lipinski definition) is 7. The van der Waals surface area contributed by atoms with Gasteiger partial charge in [0, 0.05) is 44.2 Å². The van der Waals surface area contributed by atoms with Crippen molar-refractivity contribution in [3.05, 3.63) is 78.2 Å². The fraction of sp³-hybridized carbons (Fsp3) is 0.130. The molecule has 0 radical (unpaired) electrons. The molecule has 2 amide bonds. The summed E-state index contributed by atoms with van der Waals surface area (Å²) in [5.74, 6) is 0.702. The van der Waals surface area contributed by atoms with Gasteiger partial charge >= 0.3 is 0 Å². The molecule has 158 valence electrons. The minimum atomic E-state index is -0.421. The van der Waals surface area contributed by atoms with Crippen molar-refractivity contribution < 1.29 is 14.3 Å². The van der Waals surface area contributed by atoms with Crippen LogP contribution in [0.2, 0.25) is 0 Å². The summed E-state index contributed by atoms with van der Waals surface area (Å²) in [5.41, 5.74) is 1.25. The molecule has 0 fully saturated rings. The van der Waals surface area contributed by atoms with Crippen LogP contribution >= 0.6 is 0 Å². The third kappa shape index (κ3) is 3.83. The number of hydrogen-bond donors (Lipinski definition) is 0. The lowest BCUT2D eigenvalue weighted by Crippen LogP contribution is -2.42. The van der Waals surface area contributed by atoms with Crippen molar-refractivity contribution in [1.29, 1.82) is 0 Å². The number of nitrogens with zero attached hydrogens (tertiary/aromatic N) is 6. The van der Waals surface area contributed by atoms with E-state index in [0.717, 1.165) is 0 Å². The van der Waals surface area contributed by atoms with Crippen LogP contribution in [0.3, 0.4) is 0 Å². The largest absolute Gasteiger partial charge is 0.465 e. The van der Waals surface area contributed by atoms with Crippen LogP contribution in [-0.2, 0) is 9.59 Å². The number of ether oxygens (including phenoxy) is 1. The second-order valence-corrected chi connectivity index (χ2v) is 7.14. The SMILES string of the molecule is O=C1N=c2ncnc3c2=C1/C=N\c1cccc(c1)O/C=C\C=C/CC(=O)N1C=CN3CC1. The number of benzene rings is 1. The van der Waals surface area contributed by atoms with Crippen LogP contribution in [0, 0.1) is 0 Å². The molecule has 32 heavy (non-hydrogen) atoms. The van der Waals surface area contributed by atoms with Crippen LogP contribution in [0.4, 0.5) is 11.5 Å². The fourth-order valence-corrected chi connectivity index (χ4v) is 3.51. The molecule has 0 aliphatic carbocycles. The Kier molecular flexibility index (Phi) is 5.12. The second-order valence-electron chi connectivity index (χ2n) is 7.14. The molecule has 2 aromatic rings. The third-order valence-corrected chi connectivity index (χ3v) is 5.10. The highest BCUT2D eigenvalue weighted by Crippen LogP contribution is 2.21. The van der Waals surface area contributed by atoms with E-state index in [1.165, 1.54) is 18.8 Å². The van der Waals surface area contributed by atoms with Gasteiger partial charge in [0.2, 0.25) is 5.91 Å². The van der Waals surface area contributed by atoms with Gasteiger partial charge in [-0.1, -0.05) is 18.2 Å². The Morgan fingerprint density at radius 2 is 1.88 bits per heavy atom. The van der Waals surface area contributed by atoms with Gasteiger partial charge in [0.15, 0.2) is 5.49 Å². The van der Waals surface area contributed by atoms with Crippen LogP contribution in [0.15, 0.2) is 77.5 Å². The Labute approximate surface area is 183 Å². The van der Waals surface area contributed by atoms with E-state index >= 15 is 0 Å². The zero-order valence-corrected chi connectivity index (χ0v) is 17.0. The number of rotatable bonds is 0. The number of carbonyl (C=O) groups is 2. The molecule has 1 aromatic heterocycles. The zero-order valence-electron chi connectivity index (χ0n) is 17.0.